The summed E-state index contributed by atoms with van der Waals surface area (Å²) in [4.78, 5) is 10.1. The molecule has 0 amide bonds. The van der Waals surface area contributed by atoms with Crippen LogP contribution in [0.1, 0.15) is 46.5 Å². The average molecular weight is 420 g/mol. The second kappa shape index (κ2) is 7.69. The van der Waals surface area contributed by atoms with Crippen LogP contribution < -0.4 is 5.32 Å². The Labute approximate surface area is 153 Å². The highest BCUT2D eigenvalue weighted by atomic mass is 127. The van der Waals surface area contributed by atoms with Gasteiger partial charge in [0.1, 0.15) is 0 Å². The number of nitrogens with one attached hydrogen (secondary N) is 1. The lowest BCUT2D eigenvalue weighted by molar-refractivity contribution is 0.315. The van der Waals surface area contributed by atoms with Gasteiger partial charge in [-0.05, 0) is 50.5 Å². The Morgan fingerprint density at radius 2 is 2.00 bits per heavy atom. The van der Waals surface area contributed by atoms with Crippen molar-refractivity contribution in [3.8, 4) is 0 Å². The first-order chi connectivity index (χ1) is 10.1. The minimum absolute atomic E-state index is 0. The van der Waals surface area contributed by atoms with Crippen LogP contribution in [-0.4, -0.2) is 61.1 Å². The third-order valence-electron chi connectivity index (χ3n) is 5.19. The molecular formula is C17H33IN4. The average Bonchev–Trinajstić information content (AvgIpc) is 3.08. The largest absolute Gasteiger partial charge is 0.357 e. The van der Waals surface area contributed by atoms with E-state index in [4.69, 9.17) is 4.99 Å². The second-order valence-corrected chi connectivity index (χ2v) is 7.91. The van der Waals surface area contributed by atoms with E-state index in [9.17, 15) is 0 Å². The summed E-state index contributed by atoms with van der Waals surface area (Å²) >= 11 is 0. The quantitative estimate of drug-likeness (QED) is 0.431. The molecule has 3 aliphatic rings. The molecular weight excluding hydrogens is 387 g/mol. The summed E-state index contributed by atoms with van der Waals surface area (Å²) in [5.41, 5.74) is 0.437. The lowest BCUT2D eigenvalue weighted by atomic mass is 9.93. The van der Waals surface area contributed by atoms with Crippen molar-refractivity contribution in [3.05, 3.63) is 0 Å². The Balaban J connectivity index is 0.00000176. The molecule has 128 valence electrons. The molecule has 5 heteroatoms. The van der Waals surface area contributed by atoms with Gasteiger partial charge in [0.2, 0.25) is 0 Å². The third kappa shape index (κ3) is 4.73. The van der Waals surface area contributed by atoms with E-state index in [0.717, 1.165) is 44.1 Å². The Bertz CT molecular complexity index is 392. The molecule has 22 heavy (non-hydrogen) atoms. The van der Waals surface area contributed by atoms with E-state index < -0.39 is 0 Å². The third-order valence-corrected chi connectivity index (χ3v) is 5.19. The van der Waals surface area contributed by atoms with Gasteiger partial charge in [0.15, 0.2) is 5.96 Å². The van der Waals surface area contributed by atoms with Gasteiger partial charge in [0.25, 0.3) is 0 Å². The summed E-state index contributed by atoms with van der Waals surface area (Å²) < 4.78 is 0. The van der Waals surface area contributed by atoms with Crippen molar-refractivity contribution in [1.29, 1.82) is 0 Å². The predicted octanol–water partition coefficient (Wildman–Crippen LogP) is 2.79. The van der Waals surface area contributed by atoms with Crippen molar-refractivity contribution in [1.82, 2.24) is 15.1 Å². The Morgan fingerprint density at radius 3 is 2.59 bits per heavy atom. The van der Waals surface area contributed by atoms with E-state index in [1.165, 1.54) is 38.8 Å². The number of guanidine groups is 1. The number of hydrogen-bond donors (Lipinski definition) is 1. The van der Waals surface area contributed by atoms with Crippen molar-refractivity contribution in [2.75, 3.05) is 39.3 Å². The van der Waals surface area contributed by atoms with Gasteiger partial charge >= 0.3 is 0 Å². The molecule has 1 N–H and O–H groups in total. The van der Waals surface area contributed by atoms with Gasteiger partial charge in [-0.25, -0.2) is 0 Å². The molecule has 1 aliphatic carbocycles. The van der Waals surface area contributed by atoms with E-state index in [2.05, 4.69) is 35.9 Å². The van der Waals surface area contributed by atoms with Crippen LogP contribution in [0.3, 0.4) is 0 Å². The second-order valence-electron chi connectivity index (χ2n) is 7.91. The van der Waals surface area contributed by atoms with E-state index >= 15 is 0 Å². The molecule has 3 fully saturated rings. The fourth-order valence-corrected chi connectivity index (χ4v) is 3.72. The fraction of sp³-hybridized carbons (Fsp3) is 0.941. The Kier molecular flexibility index (Phi) is 6.39. The standard InChI is InChI=1S/C17H32N4.HI/c1-4-18-16(21-10-8-17(2,3)13-21)19-11-14-7-9-20(12-14)15-5-6-15;/h14-15H,4-13H2,1-3H3,(H,18,19);1H. The highest BCUT2D eigenvalue weighted by Crippen LogP contribution is 2.32. The van der Waals surface area contributed by atoms with E-state index in [0.29, 0.717) is 5.41 Å². The van der Waals surface area contributed by atoms with Crippen molar-refractivity contribution >= 4 is 29.9 Å². The molecule has 1 unspecified atom stereocenters. The van der Waals surface area contributed by atoms with Crippen LogP contribution in [0.4, 0.5) is 0 Å². The molecule has 3 rings (SSSR count). The number of aliphatic imine (C=N–C) groups is 1. The van der Waals surface area contributed by atoms with Crippen LogP contribution in [-0.2, 0) is 0 Å². The molecule has 1 atom stereocenters. The van der Waals surface area contributed by atoms with E-state index in [-0.39, 0.29) is 24.0 Å². The summed E-state index contributed by atoms with van der Waals surface area (Å²) in [6, 6.07) is 0.923. The molecule has 2 aliphatic heterocycles. The van der Waals surface area contributed by atoms with Crippen molar-refractivity contribution in [2.45, 2.75) is 52.5 Å². The minimum Gasteiger partial charge on any atom is -0.357 e. The Hall–Kier alpha value is -0.0400. The molecule has 0 spiro atoms. The molecule has 0 aromatic carbocycles. The van der Waals surface area contributed by atoms with Crippen LogP contribution in [0.2, 0.25) is 0 Å². The summed E-state index contributed by atoms with van der Waals surface area (Å²) in [5.74, 6) is 1.92. The van der Waals surface area contributed by atoms with E-state index in [1.54, 1.807) is 0 Å². The molecule has 4 nitrogen and oxygen atoms in total. The van der Waals surface area contributed by atoms with Crippen LogP contribution in [0.25, 0.3) is 0 Å². The van der Waals surface area contributed by atoms with Crippen molar-refractivity contribution in [3.63, 3.8) is 0 Å². The maximum atomic E-state index is 4.96. The number of nitrogens with zero attached hydrogens (tertiary/aromatic N) is 3. The molecule has 0 aromatic rings. The molecule has 0 bridgehead atoms. The first-order valence-electron chi connectivity index (χ1n) is 8.85. The summed E-state index contributed by atoms with van der Waals surface area (Å²) in [6.07, 6.45) is 5.48. The van der Waals surface area contributed by atoms with Gasteiger partial charge < -0.3 is 15.1 Å². The fourth-order valence-electron chi connectivity index (χ4n) is 3.72. The first-order valence-corrected chi connectivity index (χ1v) is 8.85. The monoisotopic (exact) mass is 420 g/mol. The minimum atomic E-state index is 0. The maximum absolute atomic E-state index is 4.96. The van der Waals surface area contributed by atoms with Crippen molar-refractivity contribution in [2.24, 2.45) is 16.3 Å². The zero-order chi connectivity index (χ0) is 14.9. The molecule has 0 radical (unpaired) electrons. The number of rotatable bonds is 4. The number of halogens is 1. The van der Waals surface area contributed by atoms with Gasteiger partial charge in [-0.3, -0.25) is 4.99 Å². The van der Waals surface area contributed by atoms with Gasteiger partial charge in [-0.15, -0.1) is 24.0 Å². The number of hydrogen-bond acceptors (Lipinski definition) is 2. The van der Waals surface area contributed by atoms with Crippen LogP contribution in [0.5, 0.6) is 0 Å². The molecule has 0 aromatic heterocycles. The lowest BCUT2D eigenvalue weighted by Crippen LogP contribution is -2.41. The summed E-state index contributed by atoms with van der Waals surface area (Å²) in [7, 11) is 0. The van der Waals surface area contributed by atoms with Gasteiger partial charge in [-0.2, -0.15) is 0 Å². The Morgan fingerprint density at radius 1 is 1.23 bits per heavy atom. The maximum Gasteiger partial charge on any atom is 0.193 e. The topological polar surface area (TPSA) is 30.9 Å². The lowest BCUT2D eigenvalue weighted by Gasteiger charge is -2.24. The summed E-state index contributed by atoms with van der Waals surface area (Å²) in [5, 5.41) is 3.49. The summed E-state index contributed by atoms with van der Waals surface area (Å²) in [6.45, 7) is 13.7. The smallest absolute Gasteiger partial charge is 0.193 e. The van der Waals surface area contributed by atoms with Crippen LogP contribution >= 0.6 is 24.0 Å². The highest BCUT2D eigenvalue weighted by molar-refractivity contribution is 14.0. The SMILES string of the molecule is CCNC(=NCC1CCN(C2CC2)C1)N1CCC(C)(C)C1.I. The predicted molar refractivity (Wildman–Crippen MR) is 104 cm³/mol. The molecule has 2 heterocycles. The van der Waals surface area contributed by atoms with Gasteiger partial charge in [0, 0.05) is 38.8 Å². The zero-order valence-corrected chi connectivity index (χ0v) is 16.8. The van der Waals surface area contributed by atoms with Gasteiger partial charge in [-0.1, -0.05) is 13.8 Å². The first kappa shape index (κ1) is 18.3. The number of likely N-dealkylation sites (tertiary alicyclic amines) is 2. The zero-order valence-electron chi connectivity index (χ0n) is 14.5. The molecule has 1 saturated carbocycles. The van der Waals surface area contributed by atoms with Crippen LogP contribution in [0, 0.1) is 11.3 Å². The van der Waals surface area contributed by atoms with Crippen LogP contribution in [0.15, 0.2) is 4.99 Å². The molecule has 2 saturated heterocycles. The van der Waals surface area contributed by atoms with Crippen molar-refractivity contribution < 1.29 is 0 Å². The van der Waals surface area contributed by atoms with Gasteiger partial charge in [0.05, 0.1) is 0 Å². The normalized spacial score (nSPS) is 28.8. The van der Waals surface area contributed by atoms with E-state index in [1.807, 2.05) is 0 Å². The highest BCUT2D eigenvalue weighted by Gasteiger charge is 2.34.